The molecule has 0 saturated carbocycles. The molecule has 0 unspecified atom stereocenters. The van der Waals surface area contributed by atoms with Crippen molar-refractivity contribution in [1.82, 2.24) is 0 Å². The number of hydrogen-bond donors (Lipinski definition) is 1. The SMILES string of the molecule is C/C=C\C(=C/C)COc1cc([N+](=O)[O-])ccc1O. The maximum Gasteiger partial charge on any atom is 0.273 e. The van der Waals surface area contributed by atoms with Gasteiger partial charge >= 0.3 is 0 Å². The minimum absolute atomic E-state index is 0.105. The van der Waals surface area contributed by atoms with Crippen LogP contribution in [0.3, 0.4) is 0 Å². The molecule has 1 aromatic rings. The molecular formula is C13H15NO4. The minimum Gasteiger partial charge on any atom is -0.504 e. The molecule has 1 rings (SSSR count). The smallest absolute Gasteiger partial charge is 0.273 e. The fourth-order valence-electron chi connectivity index (χ4n) is 1.33. The van der Waals surface area contributed by atoms with E-state index in [0.29, 0.717) is 0 Å². The molecule has 0 fully saturated rings. The Morgan fingerprint density at radius 1 is 1.50 bits per heavy atom. The van der Waals surface area contributed by atoms with Crippen LogP contribution in [-0.2, 0) is 0 Å². The zero-order chi connectivity index (χ0) is 13.5. The Kier molecular flexibility index (Phi) is 4.92. The van der Waals surface area contributed by atoms with Crippen LogP contribution in [0.2, 0.25) is 0 Å². The molecule has 0 aliphatic carbocycles. The zero-order valence-corrected chi connectivity index (χ0v) is 10.3. The topological polar surface area (TPSA) is 72.6 Å². The molecule has 0 amide bonds. The Bertz CT molecular complexity index is 492. The van der Waals surface area contributed by atoms with Crippen LogP contribution < -0.4 is 4.74 Å². The monoisotopic (exact) mass is 249 g/mol. The van der Waals surface area contributed by atoms with Gasteiger partial charge in [-0.2, -0.15) is 0 Å². The summed E-state index contributed by atoms with van der Waals surface area (Å²) in [4.78, 5) is 10.1. The van der Waals surface area contributed by atoms with Crippen molar-refractivity contribution in [3.63, 3.8) is 0 Å². The van der Waals surface area contributed by atoms with Gasteiger partial charge in [-0.3, -0.25) is 10.1 Å². The van der Waals surface area contributed by atoms with Crippen molar-refractivity contribution in [2.45, 2.75) is 13.8 Å². The fraction of sp³-hybridized carbons (Fsp3) is 0.231. The molecular weight excluding hydrogens is 234 g/mol. The van der Waals surface area contributed by atoms with Gasteiger partial charge in [-0.15, -0.1) is 0 Å². The van der Waals surface area contributed by atoms with Crippen molar-refractivity contribution in [2.75, 3.05) is 6.61 Å². The number of rotatable bonds is 5. The average molecular weight is 249 g/mol. The number of phenols is 1. The largest absolute Gasteiger partial charge is 0.504 e. The number of nitrogens with zero attached hydrogens (tertiary/aromatic N) is 1. The van der Waals surface area contributed by atoms with E-state index in [4.69, 9.17) is 4.74 Å². The van der Waals surface area contributed by atoms with Gasteiger partial charge in [-0.05, 0) is 25.5 Å². The lowest BCUT2D eigenvalue weighted by Gasteiger charge is -2.08. The highest BCUT2D eigenvalue weighted by Crippen LogP contribution is 2.30. The van der Waals surface area contributed by atoms with Crippen LogP contribution in [0.4, 0.5) is 5.69 Å². The second-order valence-electron chi connectivity index (χ2n) is 3.56. The first-order valence-corrected chi connectivity index (χ1v) is 5.46. The van der Waals surface area contributed by atoms with Crippen LogP contribution in [-0.4, -0.2) is 16.6 Å². The zero-order valence-electron chi connectivity index (χ0n) is 10.3. The molecule has 5 nitrogen and oxygen atoms in total. The van der Waals surface area contributed by atoms with E-state index >= 15 is 0 Å². The summed E-state index contributed by atoms with van der Waals surface area (Å²) in [5.74, 6) is -0.00964. The Labute approximate surface area is 105 Å². The summed E-state index contributed by atoms with van der Waals surface area (Å²) in [6.45, 7) is 4.00. The number of nitro benzene ring substituents is 1. The molecule has 0 bridgehead atoms. The maximum atomic E-state index is 10.6. The number of aromatic hydroxyl groups is 1. The number of non-ortho nitro benzene ring substituents is 1. The predicted octanol–water partition coefficient (Wildman–Crippen LogP) is 3.20. The second kappa shape index (κ2) is 6.44. The number of phenolic OH excluding ortho intramolecular Hbond substituents is 1. The summed E-state index contributed by atoms with van der Waals surface area (Å²) in [7, 11) is 0. The minimum atomic E-state index is -0.533. The lowest BCUT2D eigenvalue weighted by molar-refractivity contribution is -0.385. The van der Waals surface area contributed by atoms with Gasteiger partial charge < -0.3 is 9.84 Å². The summed E-state index contributed by atoms with van der Waals surface area (Å²) in [6, 6.07) is 3.68. The Morgan fingerprint density at radius 2 is 2.22 bits per heavy atom. The van der Waals surface area contributed by atoms with Crippen molar-refractivity contribution in [3.05, 3.63) is 52.1 Å². The maximum absolute atomic E-state index is 10.6. The molecule has 5 heteroatoms. The highest BCUT2D eigenvalue weighted by molar-refractivity contribution is 5.47. The van der Waals surface area contributed by atoms with E-state index in [2.05, 4.69) is 0 Å². The van der Waals surface area contributed by atoms with E-state index < -0.39 is 4.92 Å². The molecule has 18 heavy (non-hydrogen) atoms. The molecule has 1 N–H and O–H groups in total. The van der Waals surface area contributed by atoms with Crippen LogP contribution in [0.5, 0.6) is 11.5 Å². The average Bonchev–Trinajstić information content (AvgIpc) is 2.35. The van der Waals surface area contributed by atoms with Crippen molar-refractivity contribution in [1.29, 1.82) is 0 Å². The van der Waals surface area contributed by atoms with Crippen molar-refractivity contribution in [3.8, 4) is 11.5 Å². The first-order valence-electron chi connectivity index (χ1n) is 5.46. The molecule has 0 aliphatic rings. The first-order chi connectivity index (χ1) is 8.58. The molecule has 0 radical (unpaired) electrons. The highest BCUT2D eigenvalue weighted by atomic mass is 16.6. The molecule has 1 aromatic carbocycles. The summed E-state index contributed by atoms with van der Waals surface area (Å²) in [6.07, 6.45) is 5.61. The third-order valence-corrected chi connectivity index (χ3v) is 2.30. The van der Waals surface area contributed by atoms with Crippen LogP contribution in [0.15, 0.2) is 42.0 Å². The van der Waals surface area contributed by atoms with Crippen LogP contribution in [0, 0.1) is 10.1 Å². The van der Waals surface area contributed by atoms with Gasteiger partial charge in [0.15, 0.2) is 11.5 Å². The Hall–Kier alpha value is -2.30. The van der Waals surface area contributed by atoms with Gasteiger partial charge in [-0.1, -0.05) is 18.2 Å². The predicted molar refractivity (Wildman–Crippen MR) is 68.8 cm³/mol. The van der Waals surface area contributed by atoms with Crippen LogP contribution >= 0.6 is 0 Å². The van der Waals surface area contributed by atoms with Gasteiger partial charge in [0.2, 0.25) is 0 Å². The van der Waals surface area contributed by atoms with Crippen molar-refractivity contribution < 1.29 is 14.8 Å². The molecule has 0 aliphatic heterocycles. The number of benzene rings is 1. The highest BCUT2D eigenvalue weighted by Gasteiger charge is 2.11. The Balaban J connectivity index is 2.84. The standard InChI is InChI=1S/C13H15NO4/c1-3-5-10(4-2)9-18-13-8-11(14(16)17)6-7-12(13)15/h3-8,15H,9H2,1-2H3/b5-3-,10-4+. The van der Waals surface area contributed by atoms with E-state index in [9.17, 15) is 15.2 Å². The number of hydrogen-bond acceptors (Lipinski definition) is 4. The second-order valence-corrected chi connectivity index (χ2v) is 3.56. The van der Waals surface area contributed by atoms with E-state index in [0.717, 1.165) is 5.57 Å². The van der Waals surface area contributed by atoms with Crippen molar-refractivity contribution >= 4 is 5.69 Å². The van der Waals surface area contributed by atoms with E-state index in [1.807, 2.05) is 32.1 Å². The molecule has 0 aromatic heterocycles. The third kappa shape index (κ3) is 3.62. The quantitative estimate of drug-likeness (QED) is 0.494. The fourth-order valence-corrected chi connectivity index (χ4v) is 1.33. The van der Waals surface area contributed by atoms with Gasteiger partial charge in [0.05, 0.1) is 11.0 Å². The molecule has 0 spiro atoms. The van der Waals surface area contributed by atoms with Gasteiger partial charge in [0.25, 0.3) is 5.69 Å². The van der Waals surface area contributed by atoms with Gasteiger partial charge in [-0.25, -0.2) is 0 Å². The third-order valence-electron chi connectivity index (χ3n) is 2.30. The number of ether oxygens (including phenoxy) is 1. The Morgan fingerprint density at radius 3 is 2.78 bits per heavy atom. The normalized spacial score (nSPS) is 11.8. The van der Waals surface area contributed by atoms with Crippen LogP contribution in [0.1, 0.15) is 13.8 Å². The molecule has 0 heterocycles. The number of nitro groups is 1. The number of allylic oxidation sites excluding steroid dienone is 2. The van der Waals surface area contributed by atoms with Gasteiger partial charge in [0, 0.05) is 6.07 Å². The lowest BCUT2D eigenvalue weighted by Crippen LogP contribution is -2.00. The lowest BCUT2D eigenvalue weighted by atomic mass is 10.2. The first kappa shape index (κ1) is 13.8. The molecule has 0 atom stereocenters. The van der Waals surface area contributed by atoms with E-state index in [1.54, 1.807) is 0 Å². The molecule has 0 saturated heterocycles. The van der Waals surface area contributed by atoms with E-state index in [-0.39, 0.29) is 23.8 Å². The van der Waals surface area contributed by atoms with Gasteiger partial charge in [0.1, 0.15) is 6.61 Å². The summed E-state index contributed by atoms with van der Waals surface area (Å²) < 4.78 is 5.36. The molecule has 96 valence electrons. The summed E-state index contributed by atoms with van der Waals surface area (Å²) in [5.41, 5.74) is 0.805. The van der Waals surface area contributed by atoms with Crippen LogP contribution in [0.25, 0.3) is 0 Å². The summed E-state index contributed by atoms with van der Waals surface area (Å²) >= 11 is 0. The van der Waals surface area contributed by atoms with Crippen molar-refractivity contribution in [2.24, 2.45) is 0 Å². The summed E-state index contributed by atoms with van der Waals surface area (Å²) in [5, 5.41) is 20.2. The van der Waals surface area contributed by atoms with E-state index in [1.165, 1.54) is 18.2 Å².